The Morgan fingerprint density at radius 2 is 1.84 bits per heavy atom. The molecular weight excluding hydrogens is 340 g/mol. The fourth-order valence-electron chi connectivity index (χ4n) is 2.73. The molecule has 0 spiro atoms. The average Bonchev–Trinajstić information content (AvgIpc) is 2.62. The minimum atomic E-state index is -3.49. The van der Waals surface area contributed by atoms with Crippen LogP contribution >= 0.6 is 0 Å². The second kappa shape index (κ2) is 6.93. The van der Waals surface area contributed by atoms with E-state index in [0.29, 0.717) is 32.0 Å². The van der Waals surface area contributed by atoms with Crippen LogP contribution in [-0.4, -0.2) is 67.9 Å². The van der Waals surface area contributed by atoms with E-state index < -0.39 is 10.0 Å². The molecule has 0 N–H and O–H groups in total. The molecule has 0 bridgehead atoms. The summed E-state index contributed by atoms with van der Waals surface area (Å²) in [6.07, 6.45) is 2.95. The molecule has 2 aromatic heterocycles. The standard InChI is InChI=1S/C16H22N6O2S/c1-13-18-15(20(2)3)11-16(19-13)21-7-9-22(10-8-21)25(23,24)14-5-4-6-17-12-14/h4-6,11-12H,7-10H2,1-3H3. The highest BCUT2D eigenvalue weighted by Crippen LogP contribution is 2.22. The van der Waals surface area contributed by atoms with E-state index in [4.69, 9.17) is 0 Å². The molecule has 0 aliphatic carbocycles. The number of piperazine rings is 1. The van der Waals surface area contributed by atoms with Crippen molar-refractivity contribution in [2.24, 2.45) is 0 Å². The van der Waals surface area contributed by atoms with Crippen molar-refractivity contribution in [2.45, 2.75) is 11.8 Å². The van der Waals surface area contributed by atoms with Crippen LogP contribution in [-0.2, 0) is 10.0 Å². The minimum Gasteiger partial charge on any atom is -0.363 e. The Morgan fingerprint density at radius 1 is 1.12 bits per heavy atom. The van der Waals surface area contributed by atoms with E-state index >= 15 is 0 Å². The van der Waals surface area contributed by atoms with E-state index in [9.17, 15) is 8.42 Å². The van der Waals surface area contributed by atoms with Gasteiger partial charge in [0.05, 0.1) is 0 Å². The molecule has 0 atom stereocenters. The molecule has 1 aliphatic heterocycles. The zero-order valence-electron chi connectivity index (χ0n) is 14.6. The van der Waals surface area contributed by atoms with Crippen LogP contribution in [0.2, 0.25) is 0 Å². The van der Waals surface area contributed by atoms with Gasteiger partial charge in [-0.1, -0.05) is 0 Å². The van der Waals surface area contributed by atoms with E-state index in [1.54, 1.807) is 18.3 Å². The van der Waals surface area contributed by atoms with Gasteiger partial charge in [0, 0.05) is 58.7 Å². The number of pyridine rings is 1. The molecule has 0 unspecified atom stereocenters. The van der Waals surface area contributed by atoms with Crippen molar-refractivity contribution < 1.29 is 8.42 Å². The van der Waals surface area contributed by atoms with Crippen LogP contribution in [0.15, 0.2) is 35.5 Å². The zero-order chi connectivity index (χ0) is 18.0. The molecule has 0 amide bonds. The number of rotatable bonds is 4. The highest BCUT2D eigenvalue weighted by Gasteiger charge is 2.29. The summed E-state index contributed by atoms with van der Waals surface area (Å²) in [6.45, 7) is 3.86. The smallest absolute Gasteiger partial charge is 0.244 e. The fraction of sp³-hybridized carbons (Fsp3) is 0.438. The van der Waals surface area contributed by atoms with Crippen molar-refractivity contribution in [3.05, 3.63) is 36.4 Å². The molecule has 134 valence electrons. The average molecular weight is 362 g/mol. The Labute approximate surface area is 148 Å². The summed E-state index contributed by atoms with van der Waals surface area (Å²) in [5.74, 6) is 2.37. The summed E-state index contributed by atoms with van der Waals surface area (Å²) in [4.78, 5) is 17.1. The molecule has 1 aliphatic rings. The first-order valence-corrected chi connectivity index (χ1v) is 9.50. The van der Waals surface area contributed by atoms with Gasteiger partial charge in [-0.15, -0.1) is 0 Å². The maximum absolute atomic E-state index is 12.7. The van der Waals surface area contributed by atoms with Gasteiger partial charge in [-0.25, -0.2) is 18.4 Å². The van der Waals surface area contributed by atoms with Gasteiger partial charge < -0.3 is 9.80 Å². The molecule has 1 fully saturated rings. The van der Waals surface area contributed by atoms with Crippen molar-refractivity contribution in [1.82, 2.24) is 19.3 Å². The van der Waals surface area contributed by atoms with Crippen molar-refractivity contribution in [2.75, 3.05) is 50.1 Å². The predicted octanol–water partition coefficient (Wildman–Crippen LogP) is 0.757. The first-order chi connectivity index (χ1) is 11.9. The predicted molar refractivity (Wildman–Crippen MR) is 96.3 cm³/mol. The van der Waals surface area contributed by atoms with E-state index in [-0.39, 0.29) is 4.90 Å². The van der Waals surface area contributed by atoms with Crippen LogP contribution in [0, 0.1) is 6.92 Å². The number of sulfonamides is 1. The number of hydrogen-bond acceptors (Lipinski definition) is 7. The van der Waals surface area contributed by atoms with Crippen LogP contribution in [0.25, 0.3) is 0 Å². The van der Waals surface area contributed by atoms with Crippen molar-refractivity contribution in [3.63, 3.8) is 0 Å². The van der Waals surface area contributed by atoms with Gasteiger partial charge in [-0.2, -0.15) is 4.31 Å². The fourth-order valence-corrected chi connectivity index (χ4v) is 4.12. The second-order valence-electron chi connectivity index (χ2n) is 6.11. The lowest BCUT2D eigenvalue weighted by molar-refractivity contribution is 0.383. The number of aromatic nitrogens is 3. The molecular formula is C16H22N6O2S. The molecule has 8 nitrogen and oxygen atoms in total. The monoisotopic (exact) mass is 362 g/mol. The summed E-state index contributed by atoms with van der Waals surface area (Å²) >= 11 is 0. The third-order valence-corrected chi connectivity index (χ3v) is 5.99. The summed E-state index contributed by atoms with van der Waals surface area (Å²) < 4.78 is 26.8. The summed E-state index contributed by atoms with van der Waals surface area (Å²) in [5.41, 5.74) is 0. The first-order valence-electron chi connectivity index (χ1n) is 8.06. The second-order valence-corrected chi connectivity index (χ2v) is 8.04. The molecule has 0 radical (unpaired) electrons. The van der Waals surface area contributed by atoms with Crippen molar-refractivity contribution in [3.8, 4) is 0 Å². The molecule has 1 saturated heterocycles. The van der Waals surface area contributed by atoms with Gasteiger partial charge in [0.1, 0.15) is 22.4 Å². The Kier molecular flexibility index (Phi) is 4.87. The van der Waals surface area contributed by atoms with Crippen molar-refractivity contribution >= 4 is 21.7 Å². The van der Waals surface area contributed by atoms with Crippen LogP contribution in [0.3, 0.4) is 0 Å². The minimum absolute atomic E-state index is 0.233. The van der Waals surface area contributed by atoms with Gasteiger partial charge in [-0.3, -0.25) is 4.98 Å². The van der Waals surface area contributed by atoms with Crippen LogP contribution in [0.5, 0.6) is 0 Å². The van der Waals surface area contributed by atoms with Gasteiger partial charge in [0.15, 0.2) is 0 Å². The molecule has 9 heteroatoms. The Balaban J connectivity index is 1.74. The van der Waals surface area contributed by atoms with Crippen LogP contribution in [0.4, 0.5) is 11.6 Å². The lowest BCUT2D eigenvalue weighted by Crippen LogP contribution is -2.49. The largest absolute Gasteiger partial charge is 0.363 e. The third kappa shape index (κ3) is 3.72. The quantitative estimate of drug-likeness (QED) is 0.794. The first kappa shape index (κ1) is 17.6. The van der Waals surface area contributed by atoms with E-state index in [0.717, 1.165) is 11.6 Å². The van der Waals surface area contributed by atoms with Gasteiger partial charge >= 0.3 is 0 Å². The highest BCUT2D eigenvalue weighted by molar-refractivity contribution is 7.89. The summed E-state index contributed by atoms with van der Waals surface area (Å²) in [5, 5.41) is 0. The van der Waals surface area contributed by atoms with E-state index in [1.165, 1.54) is 10.5 Å². The molecule has 25 heavy (non-hydrogen) atoms. The SMILES string of the molecule is Cc1nc(N(C)C)cc(N2CCN(S(=O)(=O)c3cccnc3)CC2)n1. The molecule has 0 saturated carbocycles. The lowest BCUT2D eigenvalue weighted by Gasteiger charge is -2.34. The normalized spacial score (nSPS) is 16.0. The third-order valence-electron chi connectivity index (χ3n) is 4.10. The van der Waals surface area contributed by atoms with Gasteiger partial charge in [0.2, 0.25) is 10.0 Å². The zero-order valence-corrected chi connectivity index (χ0v) is 15.4. The van der Waals surface area contributed by atoms with Crippen LogP contribution in [0.1, 0.15) is 5.82 Å². The molecule has 0 aromatic carbocycles. The maximum Gasteiger partial charge on any atom is 0.244 e. The number of aryl methyl sites for hydroxylation is 1. The number of anilines is 2. The molecule has 2 aromatic rings. The summed E-state index contributed by atoms with van der Waals surface area (Å²) in [7, 11) is 0.375. The Hall–Kier alpha value is -2.26. The Bertz CT molecular complexity index is 833. The van der Waals surface area contributed by atoms with E-state index in [2.05, 4.69) is 19.9 Å². The van der Waals surface area contributed by atoms with Crippen LogP contribution < -0.4 is 9.80 Å². The number of nitrogens with zero attached hydrogens (tertiary/aromatic N) is 6. The number of hydrogen-bond donors (Lipinski definition) is 0. The molecule has 3 rings (SSSR count). The van der Waals surface area contributed by atoms with Gasteiger partial charge in [0.25, 0.3) is 0 Å². The summed E-state index contributed by atoms with van der Waals surface area (Å²) in [6, 6.07) is 5.14. The highest BCUT2D eigenvalue weighted by atomic mass is 32.2. The molecule has 3 heterocycles. The van der Waals surface area contributed by atoms with Gasteiger partial charge in [-0.05, 0) is 19.1 Å². The topological polar surface area (TPSA) is 82.5 Å². The van der Waals surface area contributed by atoms with Crippen molar-refractivity contribution in [1.29, 1.82) is 0 Å². The Morgan fingerprint density at radius 3 is 2.44 bits per heavy atom. The van der Waals surface area contributed by atoms with E-state index in [1.807, 2.05) is 32.0 Å². The maximum atomic E-state index is 12.7. The lowest BCUT2D eigenvalue weighted by atomic mass is 10.3.